The number of hydrogen-bond donors (Lipinski definition) is 0. The van der Waals surface area contributed by atoms with E-state index in [1.165, 1.54) is 57.9 Å². The Bertz CT molecular complexity index is 2020. The van der Waals surface area contributed by atoms with Crippen LogP contribution in [0.2, 0.25) is 0 Å². The molecule has 6 rings (SSSR count). The van der Waals surface area contributed by atoms with Gasteiger partial charge in [0.2, 0.25) is 0 Å². The van der Waals surface area contributed by atoms with E-state index in [1.54, 1.807) is 50.7 Å². The van der Waals surface area contributed by atoms with Crippen LogP contribution in [-0.4, -0.2) is 32.2 Å². The van der Waals surface area contributed by atoms with Gasteiger partial charge in [-0.15, -0.1) is 0 Å². The lowest BCUT2D eigenvalue weighted by Gasteiger charge is -2.12. The molecule has 0 amide bonds. The van der Waals surface area contributed by atoms with Gasteiger partial charge in [-0.1, -0.05) is 6.07 Å². The van der Waals surface area contributed by atoms with Crippen molar-refractivity contribution in [2.24, 2.45) is 7.05 Å². The number of pyridine rings is 2. The first-order valence-corrected chi connectivity index (χ1v) is 12.6. The number of ketones is 1. The fraction of sp³-hybridized carbons (Fsp3) is 0.0968. The fourth-order valence-corrected chi connectivity index (χ4v) is 4.74. The Kier molecular flexibility index (Phi) is 6.50. The topological polar surface area (TPSA) is 88.2 Å². The van der Waals surface area contributed by atoms with Crippen LogP contribution >= 0.6 is 0 Å². The predicted octanol–water partition coefficient (Wildman–Crippen LogP) is 5.78. The molecule has 0 saturated heterocycles. The van der Waals surface area contributed by atoms with Gasteiger partial charge in [-0.2, -0.15) is 5.10 Å². The van der Waals surface area contributed by atoms with Crippen molar-refractivity contribution >= 4 is 27.7 Å². The predicted molar refractivity (Wildman–Crippen MR) is 149 cm³/mol. The summed E-state index contributed by atoms with van der Waals surface area (Å²) in [6.45, 7) is 0. The molecule has 8 nitrogen and oxygen atoms in total. The summed E-state index contributed by atoms with van der Waals surface area (Å²) >= 11 is 0. The monoisotopic (exact) mass is 552 g/mol. The highest BCUT2D eigenvalue weighted by Crippen LogP contribution is 2.32. The molecule has 3 aromatic heterocycles. The number of benzene rings is 3. The minimum atomic E-state index is -0.666. The number of hydrogen-bond acceptors (Lipinski definition) is 6. The molecule has 0 fully saturated rings. The Hall–Kier alpha value is -5.38. The molecule has 0 N–H and O–H groups in total. The first-order valence-electron chi connectivity index (χ1n) is 12.6. The molecule has 0 spiro atoms. The molecule has 0 saturated carbocycles. The van der Waals surface area contributed by atoms with Crippen LogP contribution in [0.3, 0.4) is 0 Å². The third kappa shape index (κ3) is 4.80. The maximum Gasteiger partial charge on any atom is 0.267 e. The molecule has 0 aliphatic rings. The van der Waals surface area contributed by atoms with Gasteiger partial charge in [0.25, 0.3) is 5.56 Å². The summed E-state index contributed by atoms with van der Waals surface area (Å²) in [7, 11) is 3.23. The normalized spacial score (nSPS) is 11.2. The summed E-state index contributed by atoms with van der Waals surface area (Å²) < 4.78 is 42.6. The maximum absolute atomic E-state index is 15.1. The van der Waals surface area contributed by atoms with E-state index in [2.05, 4.69) is 10.1 Å². The maximum atomic E-state index is 15.1. The van der Waals surface area contributed by atoms with Crippen LogP contribution in [0, 0.1) is 11.6 Å². The van der Waals surface area contributed by atoms with E-state index in [-0.39, 0.29) is 17.7 Å². The Morgan fingerprint density at radius 1 is 0.951 bits per heavy atom. The Balaban J connectivity index is 1.30. The van der Waals surface area contributed by atoms with Crippen molar-refractivity contribution in [2.45, 2.75) is 6.42 Å². The van der Waals surface area contributed by atoms with Crippen molar-refractivity contribution in [3.05, 3.63) is 118 Å². The van der Waals surface area contributed by atoms with Crippen LogP contribution < -0.4 is 15.0 Å². The number of fused-ring (bicyclic) bond motifs is 2. The lowest BCUT2D eigenvalue weighted by atomic mass is 10.0. The summed E-state index contributed by atoms with van der Waals surface area (Å²) in [5.74, 6) is -0.609. The number of ether oxygens (including phenoxy) is 2. The van der Waals surface area contributed by atoms with E-state index < -0.39 is 23.0 Å². The average molecular weight is 553 g/mol. The summed E-state index contributed by atoms with van der Waals surface area (Å²) in [5, 5.41) is 5.43. The molecule has 0 bridgehead atoms. The van der Waals surface area contributed by atoms with Gasteiger partial charge in [0, 0.05) is 36.5 Å². The summed E-state index contributed by atoms with van der Waals surface area (Å²) in [4.78, 5) is 31.2. The standard InChI is InChI=1S/C31H22F2N4O4/c1-36-30-19(17-35-36)15-24(31(39)37(30)21-6-4-20(32)5-7-21)27(38)14-18-3-10-29(25(33)13-18)41-28-11-12-34-26-16-22(40-2)8-9-23(26)28/h3-13,15-17H,14H2,1-2H3. The molecule has 0 radical (unpaired) electrons. The van der Waals surface area contributed by atoms with Gasteiger partial charge in [0.05, 0.1) is 30.1 Å². The van der Waals surface area contributed by atoms with E-state index in [1.807, 2.05) is 0 Å². The molecular weight excluding hydrogens is 530 g/mol. The SMILES string of the molecule is COc1ccc2c(Oc3ccc(CC(=O)c4cc5cnn(C)c5n(-c5ccc(F)cc5)c4=O)cc3F)ccnc2c1. The molecular formula is C31H22F2N4O4. The van der Waals surface area contributed by atoms with Crippen LogP contribution in [0.5, 0.6) is 17.2 Å². The van der Waals surface area contributed by atoms with Crippen LogP contribution in [0.4, 0.5) is 8.78 Å². The van der Waals surface area contributed by atoms with Gasteiger partial charge in [-0.3, -0.25) is 23.8 Å². The summed E-state index contributed by atoms with van der Waals surface area (Å²) in [6.07, 6.45) is 2.87. The Labute approximate surface area is 232 Å². The van der Waals surface area contributed by atoms with Crippen molar-refractivity contribution in [1.82, 2.24) is 19.3 Å². The zero-order valence-corrected chi connectivity index (χ0v) is 22.0. The zero-order chi connectivity index (χ0) is 28.7. The van der Waals surface area contributed by atoms with E-state index in [9.17, 15) is 14.0 Å². The van der Waals surface area contributed by atoms with Gasteiger partial charge in [-0.25, -0.2) is 8.78 Å². The number of aryl methyl sites for hydroxylation is 1. The number of rotatable bonds is 7. The van der Waals surface area contributed by atoms with Crippen LogP contribution in [0.25, 0.3) is 27.6 Å². The highest BCUT2D eigenvalue weighted by Gasteiger charge is 2.20. The minimum absolute atomic E-state index is 0.0278. The first kappa shape index (κ1) is 25.9. The number of aromatic nitrogens is 4. The molecule has 0 aliphatic heterocycles. The van der Waals surface area contributed by atoms with E-state index in [0.717, 1.165) is 0 Å². The molecule has 3 aromatic carbocycles. The lowest BCUT2D eigenvalue weighted by Crippen LogP contribution is -2.27. The molecule has 0 unspecified atom stereocenters. The smallest absolute Gasteiger partial charge is 0.267 e. The second-order valence-corrected chi connectivity index (χ2v) is 9.38. The van der Waals surface area contributed by atoms with Gasteiger partial charge < -0.3 is 9.47 Å². The first-order chi connectivity index (χ1) is 19.8. The van der Waals surface area contributed by atoms with Crippen molar-refractivity contribution in [1.29, 1.82) is 0 Å². The second-order valence-electron chi connectivity index (χ2n) is 9.38. The molecule has 6 aromatic rings. The van der Waals surface area contributed by atoms with Gasteiger partial charge in [-0.05, 0) is 66.2 Å². The number of carbonyl (C=O) groups is 1. The number of nitrogens with zero attached hydrogens (tertiary/aromatic N) is 4. The molecule has 41 heavy (non-hydrogen) atoms. The number of methoxy groups -OCH3 is 1. The Morgan fingerprint density at radius 3 is 2.51 bits per heavy atom. The second kappa shape index (κ2) is 10.3. The van der Waals surface area contributed by atoms with Crippen molar-refractivity contribution in [3.8, 4) is 22.9 Å². The van der Waals surface area contributed by atoms with Crippen molar-refractivity contribution in [3.63, 3.8) is 0 Å². The highest BCUT2D eigenvalue weighted by molar-refractivity contribution is 6.00. The van der Waals surface area contributed by atoms with Crippen LogP contribution in [-0.2, 0) is 13.5 Å². The van der Waals surface area contributed by atoms with E-state index >= 15 is 4.39 Å². The van der Waals surface area contributed by atoms with Crippen molar-refractivity contribution in [2.75, 3.05) is 7.11 Å². The van der Waals surface area contributed by atoms with Gasteiger partial charge in [0.1, 0.15) is 23.0 Å². The van der Waals surface area contributed by atoms with E-state index in [4.69, 9.17) is 9.47 Å². The zero-order valence-electron chi connectivity index (χ0n) is 22.0. The van der Waals surface area contributed by atoms with Gasteiger partial charge in [0.15, 0.2) is 17.3 Å². The largest absolute Gasteiger partial charge is 0.497 e. The quantitative estimate of drug-likeness (QED) is 0.234. The molecule has 0 aliphatic carbocycles. The lowest BCUT2D eigenvalue weighted by molar-refractivity contribution is 0.0991. The van der Waals surface area contributed by atoms with Gasteiger partial charge >= 0.3 is 0 Å². The minimum Gasteiger partial charge on any atom is -0.497 e. The number of carbonyl (C=O) groups excluding carboxylic acids is 1. The Morgan fingerprint density at radius 2 is 1.76 bits per heavy atom. The summed E-state index contributed by atoms with van der Waals surface area (Å²) in [5.41, 5.74) is 1.15. The third-order valence-corrected chi connectivity index (χ3v) is 6.76. The van der Waals surface area contributed by atoms with Crippen LogP contribution in [0.1, 0.15) is 15.9 Å². The molecule has 10 heteroatoms. The molecule has 0 atom stereocenters. The summed E-state index contributed by atoms with van der Waals surface area (Å²) in [6, 6.07) is 18.0. The fourth-order valence-electron chi connectivity index (χ4n) is 4.74. The third-order valence-electron chi connectivity index (χ3n) is 6.76. The van der Waals surface area contributed by atoms with Crippen molar-refractivity contribution < 1.29 is 23.0 Å². The molecule has 3 heterocycles. The highest BCUT2D eigenvalue weighted by atomic mass is 19.1. The molecule has 204 valence electrons. The number of Topliss-reactive ketones (excluding diaryl/α,β-unsaturated/α-hetero) is 1. The number of halogens is 2. The van der Waals surface area contributed by atoms with Crippen LogP contribution in [0.15, 0.2) is 90.0 Å². The average Bonchev–Trinajstić information content (AvgIpc) is 3.34. The van der Waals surface area contributed by atoms with E-state index in [0.29, 0.717) is 44.7 Å².